The van der Waals surface area contributed by atoms with Gasteiger partial charge in [-0.15, -0.1) is 0 Å². The third kappa shape index (κ3) is 3.00. The molecule has 0 N–H and O–H groups in total. The highest BCUT2D eigenvalue weighted by molar-refractivity contribution is 5.72. The smallest absolute Gasteiger partial charge is 0.421 e. The van der Waals surface area contributed by atoms with Crippen LogP contribution in [-0.4, -0.2) is 29.2 Å². The summed E-state index contributed by atoms with van der Waals surface area (Å²) >= 11 is 0. The van der Waals surface area contributed by atoms with Gasteiger partial charge in [-0.1, -0.05) is 18.2 Å². The molecule has 0 amide bonds. The van der Waals surface area contributed by atoms with Crippen molar-refractivity contribution in [2.75, 3.05) is 19.8 Å². The van der Waals surface area contributed by atoms with Gasteiger partial charge in [0.1, 0.15) is 0 Å². The minimum Gasteiger partial charge on any atom is -0.490 e. The van der Waals surface area contributed by atoms with Crippen LogP contribution < -0.4 is 15.2 Å². The maximum absolute atomic E-state index is 12.3. The lowest BCUT2D eigenvalue weighted by molar-refractivity contribution is 0.197. The Kier molecular flexibility index (Phi) is 4.13. The number of benzene rings is 2. The fourth-order valence-electron chi connectivity index (χ4n) is 4.09. The van der Waals surface area contributed by atoms with E-state index >= 15 is 0 Å². The molecule has 0 aliphatic carbocycles. The fraction of sp³-hybridized carbons (Fsp3) is 0.381. The summed E-state index contributed by atoms with van der Waals surface area (Å²) in [6, 6.07) is 14.0. The van der Waals surface area contributed by atoms with Crippen molar-refractivity contribution in [1.82, 2.24) is 9.47 Å². The molecule has 140 valence electrons. The normalized spacial score (nSPS) is 20.1. The Morgan fingerprint density at radius 1 is 1.00 bits per heavy atom. The van der Waals surface area contributed by atoms with Gasteiger partial charge in [0.05, 0.1) is 25.4 Å². The minimum atomic E-state index is -0.305. The van der Waals surface area contributed by atoms with E-state index in [1.165, 1.54) is 5.56 Å². The number of ether oxygens (including phenoxy) is 2. The van der Waals surface area contributed by atoms with Gasteiger partial charge in [0, 0.05) is 19.0 Å². The molecule has 6 heteroatoms. The lowest BCUT2D eigenvalue weighted by atomic mass is 10.0. The summed E-state index contributed by atoms with van der Waals surface area (Å²) in [6.45, 7) is 2.85. The topological polar surface area (TPSA) is 56.8 Å². The Morgan fingerprint density at radius 3 is 2.78 bits per heavy atom. The van der Waals surface area contributed by atoms with Gasteiger partial charge in [-0.3, -0.25) is 9.47 Å². The zero-order chi connectivity index (χ0) is 18.2. The molecule has 5 rings (SSSR count). The van der Waals surface area contributed by atoms with Crippen LogP contribution in [0.1, 0.15) is 30.9 Å². The van der Waals surface area contributed by atoms with Crippen molar-refractivity contribution >= 4 is 11.1 Å². The van der Waals surface area contributed by atoms with Gasteiger partial charge in [-0.05, 0) is 42.7 Å². The van der Waals surface area contributed by atoms with Crippen molar-refractivity contribution < 1.29 is 13.9 Å². The summed E-state index contributed by atoms with van der Waals surface area (Å²) in [5.41, 5.74) is 2.68. The highest BCUT2D eigenvalue weighted by atomic mass is 16.5. The van der Waals surface area contributed by atoms with Crippen molar-refractivity contribution in [3.05, 3.63) is 58.6 Å². The van der Waals surface area contributed by atoms with Crippen LogP contribution in [0.25, 0.3) is 11.1 Å². The van der Waals surface area contributed by atoms with Gasteiger partial charge < -0.3 is 13.9 Å². The zero-order valence-electron chi connectivity index (χ0n) is 15.1. The number of oxazole rings is 1. The Balaban J connectivity index is 1.44. The molecule has 27 heavy (non-hydrogen) atoms. The lowest BCUT2D eigenvalue weighted by Crippen LogP contribution is -2.30. The van der Waals surface area contributed by atoms with Crippen LogP contribution in [0.15, 0.2) is 51.7 Å². The van der Waals surface area contributed by atoms with Gasteiger partial charge >= 0.3 is 5.76 Å². The summed E-state index contributed by atoms with van der Waals surface area (Å²) in [5.74, 6) is 1.33. The number of aromatic nitrogens is 1. The minimum absolute atomic E-state index is 0.253. The van der Waals surface area contributed by atoms with Crippen molar-refractivity contribution in [2.45, 2.75) is 32.0 Å². The first-order valence-corrected chi connectivity index (χ1v) is 9.51. The molecule has 2 aliphatic heterocycles. The molecule has 1 fully saturated rings. The number of fused-ring (bicyclic) bond motifs is 2. The van der Waals surface area contributed by atoms with E-state index in [1.54, 1.807) is 4.57 Å². The Hall–Kier alpha value is -2.73. The summed E-state index contributed by atoms with van der Waals surface area (Å²) in [7, 11) is 0. The van der Waals surface area contributed by atoms with E-state index in [4.69, 9.17) is 13.9 Å². The maximum Gasteiger partial charge on any atom is 0.421 e. The first-order chi connectivity index (χ1) is 13.3. The molecule has 1 aromatic heterocycles. The first kappa shape index (κ1) is 16.4. The molecule has 0 saturated carbocycles. The predicted molar refractivity (Wildman–Crippen MR) is 101 cm³/mol. The standard InChI is InChI=1S/C21H22N2O4/c24-21-23(17-5-1-2-7-18(17)27-21)14-22-10-3-6-16(22)15-8-9-19-20(13-15)26-12-4-11-25-19/h1-2,5,7-9,13,16H,3-4,6,10-12,14H2. The van der Waals surface area contributed by atoms with Crippen LogP contribution in [0, 0.1) is 0 Å². The van der Waals surface area contributed by atoms with Crippen LogP contribution in [0.4, 0.5) is 0 Å². The van der Waals surface area contributed by atoms with E-state index in [2.05, 4.69) is 17.0 Å². The number of rotatable bonds is 3. The van der Waals surface area contributed by atoms with Gasteiger partial charge in [-0.25, -0.2) is 4.79 Å². The maximum atomic E-state index is 12.3. The monoisotopic (exact) mass is 366 g/mol. The van der Waals surface area contributed by atoms with Crippen LogP contribution >= 0.6 is 0 Å². The lowest BCUT2D eigenvalue weighted by Gasteiger charge is -2.25. The first-order valence-electron chi connectivity index (χ1n) is 9.51. The van der Waals surface area contributed by atoms with E-state index in [-0.39, 0.29) is 11.8 Å². The number of nitrogens with zero attached hydrogens (tertiary/aromatic N) is 2. The summed E-state index contributed by atoms with van der Waals surface area (Å²) in [6.07, 6.45) is 3.06. The molecule has 0 radical (unpaired) electrons. The van der Waals surface area contributed by atoms with Crippen molar-refractivity contribution in [2.24, 2.45) is 0 Å². The molecular weight excluding hydrogens is 344 g/mol. The third-order valence-corrected chi connectivity index (χ3v) is 5.42. The van der Waals surface area contributed by atoms with Gasteiger partial charge in [0.25, 0.3) is 0 Å². The second-order valence-corrected chi connectivity index (χ2v) is 7.13. The molecule has 1 unspecified atom stereocenters. The second-order valence-electron chi connectivity index (χ2n) is 7.13. The number of para-hydroxylation sites is 2. The Labute approximate surface area is 156 Å². The number of likely N-dealkylation sites (tertiary alicyclic amines) is 1. The van der Waals surface area contributed by atoms with E-state index in [0.717, 1.165) is 42.8 Å². The highest BCUT2D eigenvalue weighted by Gasteiger charge is 2.28. The van der Waals surface area contributed by atoms with Crippen molar-refractivity contribution in [3.8, 4) is 11.5 Å². The Bertz CT molecular complexity index is 1020. The van der Waals surface area contributed by atoms with Crippen LogP contribution in [0.3, 0.4) is 0 Å². The molecule has 1 saturated heterocycles. The molecule has 0 bridgehead atoms. The van der Waals surface area contributed by atoms with Crippen molar-refractivity contribution in [1.29, 1.82) is 0 Å². The van der Waals surface area contributed by atoms with Gasteiger partial charge in [0.15, 0.2) is 17.1 Å². The molecule has 2 aliphatic rings. The SMILES string of the molecule is O=c1oc2ccccc2n1CN1CCCC1c1ccc2c(c1)OCCCO2. The van der Waals surface area contributed by atoms with Crippen LogP contribution in [0.5, 0.6) is 11.5 Å². The Morgan fingerprint density at radius 2 is 1.85 bits per heavy atom. The summed E-state index contributed by atoms with van der Waals surface area (Å²) in [4.78, 5) is 14.7. The fourth-order valence-corrected chi connectivity index (χ4v) is 4.09. The van der Waals surface area contributed by atoms with E-state index in [0.29, 0.717) is 25.5 Å². The summed E-state index contributed by atoms with van der Waals surface area (Å²) in [5, 5.41) is 0. The predicted octanol–water partition coefficient (Wildman–Crippen LogP) is 3.55. The van der Waals surface area contributed by atoms with Crippen LogP contribution in [-0.2, 0) is 6.67 Å². The van der Waals surface area contributed by atoms with E-state index in [9.17, 15) is 4.79 Å². The highest BCUT2D eigenvalue weighted by Crippen LogP contribution is 2.38. The zero-order valence-corrected chi connectivity index (χ0v) is 15.1. The molecule has 0 spiro atoms. The average Bonchev–Trinajstić information content (AvgIpc) is 3.18. The molecule has 2 aromatic carbocycles. The van der Waals surface area contributed by atoms with Crippen molar-refractivity contribution in [3.63, 3.8) is 0 Å². The van der Waals surface area contributed by atoms with E-state index < -0.39 is 0 Å². The molecular formula is C21H22N2O4. The quantitative estimate of drug-likeness (QED) is 0.710. The number of hydrogen-bond donors (Lipinski definition) is 0. The average molecular weight is 366 g/mol. The second kappa shape index (κ2) is 6.78. The largest absolute Gasteiger partial charge is 0.490 e. The molecule has 6 nitrogen and oxygen atoms in total. The molecule has 3 heterocycles. The van der Waals surface area contributed by atoms with Gasteiger partial charge in [0.2, 0.25) is 0 Å². The van der Waals surface area contributed by atoms with Gasteiger partial charge in [-0.2, -0.15) is 0 Å². The molecule has 3 aromatic rings. The molecule has 1 atom stereocenters. The third-order valence-electron chi connectivity index (χ3n) is 5.42. The number of hydrogen-bond acceptors (Lipinski definition) is 5. The van der Waals surface area contributed by atoms with Crippen LogP contribution in [0.2, 0.25) is 0 Å². The van der Waals surface area contributed by atoms with E-state index in [1.807, 2.05) is 30.3 Å². The summed E-state index contributed by atoms with van der Waals surface area (Å²) < 4.78 is 18.7.